The molecule has 1 N–H and O–H groups in total. The van der Waals surface area contributed by atoms with Crippen molar-refractivity contribution in [3.63, 3.8) is 0 Å². The van der Waals surface area contributed by atoms with Crippen LogP contribution >= 0.6 is 0 Å². The third-order valence-corrected chi connectivity index (χ3v) is 7.83. The van der Waals surface area contributed by atoms with Gasteiger partial charge in [0, 0.05) is 30.5 Å². The minimum Gasteiger partial charge on any atom is -0.444 e. The third-order valence-electron chi connectivity index (χ3n) is 7.83. The highest BCUT2D eigenvalue weighted by Gasteiger charge is 2.38. The van der Waals surface area contributed by atoms with Gasteiger partial charge in [-0.3, -0.25) is 4.79 Å². The zero-order valence-corrected chi connectivity index (χ0v) is 24.2. The maximum Gasteiger partial charge on any atom is 0.416 e. The fraction of sp³-hybridized carbons (Fsp3) is 0.600. The van der Waals surface area contributed by atoms with Gasteiger partial charge in [-0.25, -0.2) is 4.79 Å². The second-order valence-corrected chi connectivity index (χ2v) is 12.2. The largest absolute Gasteiger partial charge is 0.444 e. The Morgan fingerprint density at radius 3 is 2.02 bits per heavy atom. The van der Waals surface area contributed by atoms with E-state index in [9.17, 15) is 35.9 Å². The summed E-state index contributed by atoms with van der Waals surface area (Å²) in [6.45, 7) is 7.26. The lowest BCUT2D eigenvalue weighted by Gasteiger charge is -2.29. The van der Waals surface area contributed by atoms with Crippen LogP contribution in [0.5, 0.6) is 0 Å². The summed E-state index contributed by atoms with van der Waals surface area (Å²) in [6, 6.07) is 2.29. The number of likely N-dealkylation sites (tertiary alicyclic amines) is 1. The third kappa shape index (κ3) is 7.42. The van der Waals surface area contributed by atoms with Crippen LogP contribution in [0.1, 0.15) is 92.9 Å². The average Bonchev–Trinajstić information content (AvgIpc) is 3.47. The Morgan fingerprint density at radius 2 is 1.48 bits per heavy atom. The molecule has 2 fully saturated rings. The lowest BCUT2D eigenvalue weighted by molar-refractivity contribution is -0.143. The summed E-state index contributed by atoms with van der Waals surface area (Å²) >= 11 is 0. The molecule has 1 aliphatic carbocycles. The molecule has 2 amide bonds. The van der Waals surface area contributed by atoms with Gasteiger partial charge in [0.15, 0.2) is 0 Å². The summed E-state index contributed by atoms with van der Waals surface area (Å²) in [6.07, 6.45) is -4.81. The topological polar surface area (TPSA) is 63.6 Å². The second-order valence-electron chi connectivity index (χ2n) is 12.2. The van der Waals surface area contributed by atoms with Crippen molar-refractivity contribution in [3.8, 4) is 11.3 Å². The molecule has 42 heavy (non-hydrogen) atoms. The highest BCUT2D eigenvalue weighted by molar-refractivity contribution is 5.97. The molecule has 0 bridgehead atoms. The van der Waals surface area contributed by atoms with Gasteiger partial charge in [-0.2, -0.15) is 26.3 Å². The Balaban J connectivity index is 1.79. The number of carbonyl (C=O) groups excluding carboxylic acids is 2. The molecule has 0 spiro atoms. The summed E-state index contributed by atoms with van der Waals surface area (Å²) in [5.74, 6) is -0.433. The van der Waals surface area contributed by atoms with Gasteiger partial charge in [-0.1, -0.05) is 19.3 Å². The van der Waals surface area contributed by atoms with Crippen molar-refractivity contribution < 1.29 is 40.7 Å². The first-order valence-electron chi connectivity index (χ1n) is 14.2. The van der Waals surface area contributed by atoms with Crippen molar-refractivity contribution in [3.05, 3.63) is 46.6 Å². The van der Waals surface area contributed by atoms with E-state index in [0.29, 0.717) is 37.2 Å². The summed E-state index contributed by atoms with van der Waals surface area (Å²) in [5.41, 5.74) is -3.37. The molecule has 2 heterocycles. The highest BCUT2D eigenvalue weighted by atomic mass is 19.4. The van der Waals surface area contributed by atoms with E-state index in [2.05, 4.69) is 5.32 Å². The van der Waals surface area contributed by atoms with E-state index in [4.69, 9.17) is 4.74 Å². The molecule has 2 aliphatic rings. The van der Waals surface area contributed by atoms with Crippen molar-refractivity contribution in [2.24, 2.45) is 0 Å². The fourth-order valence-corrected chi connectivity index (χ4v) is 5.76. The smallest absolute Gasteiger partial charge is 0.416 e. The van der Waals surface area contributed by atoms with E-state index in [-0.39, 0.29) is 35.5 Å². The number of aromatic nitrogens is 1. The van der Waals surface area contributed by atoms with Gasteiger partial charge in [-0.15, -0.1) is 0 Å². The van der Waals surface area contributed by atoms with Gasteiger partial charge in [0.2, 0.25) is 0 Å². The van der Waals surface area contributed by atoms with Crippen molar-refractivity contribution in [2.75, 3.05) is 6.54 Å². The SMILES string of the molecule is Cc1c(C(=O)NC2CCCCC2)cc(-c2cc(C(F)(F)F)cc(C(F)(F)F)c2)n1C[C@H]1CCCN1C(=O)OC(C)(C)C. The molecule has 1 saturated carbocycles. The van der Waals surface area contributed by atoms with Crippen LogP contribution in [0.25, 0.3) is 11.3 Å². The van der Waals surface area contributed by atoms with Crippen molar-refractivity contribution in [2.45, 2.75) is 109 Å². The Morgan fingerprint density at radius 1 is 0.881 bits per heavy atom. The zero-order chi connectivity index (χ0) is 31.0. The lowest BCUT2D eigenvalue weighted by atomic mass is 9.95. The molecule has 1 atom stereocenters. The molecule has 1 saturated heterocycles. The number of hydrogen-bond acceptors (Lipinski definition) is 3. The zero-order valence-electron chi connectivity index (χ0n) is 24.2. The molecular formula is C30H37F6N3O3. The van der Waals surface area contributed by atoms with E-state index in [0.717, 1.165) is 32.1 Å². The molecule has 2 aromatic rings. The van der Waals surface area contributed by atoms with Gasteiger partial charge in [-0.05, 0) is 83.2 Å². The van der Waals surface area contributed by atoms with Crippen LogP contribution in [0.3, 0.4) is 0 Å². The minimum atomic E-state index is -5.03. The monoisotopic (exact) mass is 601 g/mol. The predicted octanol–water partition coefficient (Wildman–Crippen LogP) is 7.96. The van der Waals surface area contributed by atoms with Gasteiger partial charge < -0.3 is 19.5 Å². The molecule has 0 unspecified atom stereocenters. The summed E-state index contributed by atoms with van der Waals surface area (Å²) < 4.78 is 89.5. The quantitative estimate of drug-likeness (QED) is 0.354. The van der Waals surface area contributed by atoms with Gasteiger partial charge in [0.25, 0.3) is 5.91 Å². The van der Waals surface area contributed by atoms with E-state index >= 15 is 0 Å². The van der Waals surface area contributed by atoms with E-state index in [1.807, 2.05) is 0 Å². The first-order chi connectivity index (χ1) is 19.4. The van der Waals surface area contributed by atoms with Crippen molar-refractivity contribution >= 4 is 12.0 Å². The van der Waals surface area contributed by atoms with E-state index in [1.165, 1.54) is 11.0 Å². The average molecular weight is 602 g/mol. The molecule has 12 heteroatoms. The van der Waals surface area contributed by atoms with Gasteiger partial charge in [0.1, 0.15) is 5.60 Å². The van der Waals surface area contributed by atoms with E-state index < -0.39 is 47.1 Å². The number of rotatable bonds is 5. The Labute approximate surface area is 241 Å². The first kappa shape index (κ1) is 31.7. The van der Waals surface area contributed by atoms with Gasteiger partial charge in [0.05, 0.1) is 22.7 Å². The Hall–Kier alpha value is -3.18. The number of ether oxygens (including phenoxy) is 1. The molecule has 0 radical (unpaired) electrons. The standard InChI is InChI=1S/C30H37F6N3O3/c1-18-24(26(40)37-22-9-6-5-7-10-22)16-25(19-13-20(29(31,32)33)15-21(14-19)30(34,35)36)39(18)17-23-11-8-12-38(23)27(41)42-28(2,3)4/h13-16,22-23H,5-12,17H2,1-4H3,(H,37,40)/t23-/m1/s1. The lowest BCUT2D eigenvalue weighted by Crippen LogP contribution is -2.41. The maximum atomic E-state index is 13.7. The van der Waals surface area contributed by atoms with Crippen LogP contribution < -0.4 is 5.32 Å². The maximum absolute atomic E-state index is 13.7. The van der Waals surface area contributed by atoms with Crippen LogP contribution in [0, 0.1) is 6.92 Å². The predicted molar refractivity (Wildman–Crippen MR) is 145 cm³/mol. The number of carbonyl (C=O) groups is 2. The number of alkyl halides is 6. The molecule has 232 valence electrons. The van der Waals surface area contributed by atoms with Crippen LogP contribution in [-0.2, 0) is 23.6 Å². The van der Waals surface area contributed by atoms with Crippen molar-refractivity contribution in [1.29, 1.82) is 0 Å². The van der Waals surface area contributed by atoms with E-state index in [1.54, 1.807) is 32.3 Å². The van der Waals surface area contributed by atoms with Crippen LogP contribution in [0.15, 0.2) is 24.3 Å². The molecule has 4 rings (SSSR count). The number of hydrogen-bond donors (Lipinski definition) is 1. The van der Waals surface area contributed by atoms with Crippen molar-refractivity contribution in [1.82, 2.24) is 14.8 Å². The molecule has 1 aliphatic heterocycles. The number of nitrogens with zero attached hydrogens (tertiary/aromatic N) is 2. The van der Waals surface area contributed by atoms with Gasteiger partial charge >= 0.3 is 18.4 Å². The molecule has 1 aromatic carbocycles. The number of amides is 2. The molecule has 6 nitrogen and oxygen atoms in total. The number of nitrogens with one attached hydrogen (secondary N) is 1. The van der Waals surface area contributed by atoms with Crippen LogP contribution in [0.4, 0.5) is 31.1 Å². The summed E-state index contributed by atoms with van der Waals surface area (Å²) in [5, 5.41) is 2.99. The Bertz CT molecular complexity index is 1270. The number of halogens is 6. The first-order valence-corrected chi connectivity index (χ1v) is 14.2. The van der Waals surface area contributed by atoms with Crippen LogP contribution in [-0.4, -0.2) is 45.7 Å². The summed E-state index contributed by atoms with van der Waals surface area (Å²) in [4.78, 5) is 27.8. The normalized spacial score (nSPS) is 18.8. The number of benzene rings is 1. The highest BCUT2D eigenvalue weighted by Crippen LogP contribution is 2.40. The molecule has 1 aromatic heterocycles. The minimum absolute atomic E-state index is 0.0360. The fourth-order valence-electron chi connectivity index (χ4n) is 5.76. The summed E-state index contributed by atoms with van der Waals surface area (Å²) in [7, 11) is 0. The molecular weight excluding hydrogens is 564 g/mol. The van der Waals surface area contributed by atoms with Crippen LogP contribution in [0.2, 0.25) is 0 Å². The Kier molecular flexibility index (Phi) is 8.95. The second kappa shape index (κ2) is 11.8.